The third kappa shape index (κ3) is 43.0. The van der Waals surface area contributed by atoms with Gasteiger partial charge in [-0.25, -0.2) is 9.13 Å². The number of ether oxygens (including phenoxy) is 2. The lowest BCUT2D eigenvalue weighted by molar-refractivity contribution is -0.161. The Labute approximate surface area is 346 Å². The number of hydrogen-bond acceptors (Lipinski definition) is 10. The standard InChI is InChI=1S/C42H84O13P2/c1-3-5-7-9-11-13-15-17-19-21-23-25-27-29-31-33-41(44)51-37-40(38-54-57(49,50)53-36-39(43)35-52-56(46,47)48)55-42(45)34-32-30-28-26-24-22-20-18-16-14-12-10-8-6-4-2/h39-40,43H,3-38H2,1-2H3,(H,49,50)(H2,46,47,48)/t39-,40+/m0/s1. The summed E-state index contributed by atoms with van der Waals surface area (Å²) in [7, 11) is -9.65. The Kier molecular flexibility index (Phi) is 38.7. The molecule has 0 radical (unpaired) electrons. The van der Waals surface area contributed by atoms with E-state index in [4.69, 9.17) is 28.3 Å². The van der Waals surface area contributed by atoms with Gasteiger partial charge in [0.1, 0.15) is 12.7 Å². The zero-order valence-corrected chi connectivity index (χ0v) is 37.8. The minimum atomic E-state index is -4.86. The second-order valence-electron chi connectivity index (χ2n) is 15.7. The van der Waals surface area contributed by atoms with E-state index in [1.165, 1.54) is 141 Å². The fourth-order valence-corrected chi connectivity index (χ4v) is 7.68. The first-order chi connectivity index (χ1) is 27.4. The Morgan fingerprint density at radius 1 is 0.439 bits per heavy atom. The van der Waals surface area contributed by atoms with Crippen LogP contribution >= 0.6 is 15.6 Å². The molecule has 0 saturated heterocycles. The molecule has 0 aromatic carbocycles. The molecule has 57 heavy (non-hydrogen) atoms. The average molecular weight is 859 g/mol. The zero-order valence-electron chi connectivity index (χ0n) is 36.0. The van der Waals surface area contributed by atoms with Crippen LogP contribution in [-0.2, 0) is 41.8 Å². The van der Waals surface area contributed by atoms with Crippen LogP contribution in [0.25, 0.3) is 0 Å². The van der Waals surface area contributed by atoms with E-state index in [1.54, 1.807) is 0 Å². The Hall–Kier alpha value is -0.880. The van der Waals surface area contributed by atoms with Gasteiger partial charge in [-0.05, 0) is 12.8 Å². The molecule has 15 heteroatoms. The number of carbonyl (C=O) groups excluding carboxylic acids is 2. The van der Waals surface area contributed by atoms with Gasteiger partial charge < -0.3 is 29.3 Å². The minimum Gasteiger partial charge on any atom is -0.462 e. The van der Waals surface area contributed by atoms with Gasteiger partial charge in [0.2, 0.25) is 0 Å². The molecule has 0 saturated carbocycles. The summed E-state index contributed by atoms with van der Waals surface area (Å²) in [4.78, 5) is 52.7. The van der Waals surface area contributed by atoms with E-state index in [9.17, 15) is 28.7 Å². The highest BCUT2D eigenvalue weighted by Crippen LogP contribution is 2.43. The SMILES string of the molecule is CCCCCCCCCCCCCCCCCC(=O)OC[C@H](COP(=O)(O)OC[C@@H](O)COP(=O)(O)O)OC(=O)CCCCCCCCCCCCCCCCC. The van der Waals surface area contributed by atoms with Crippen LogP contribution in [0.4, 0.5) is 0 Å². The van der Waals surface area contributed by atoms with E-state index in [-0.39, 0.29) is 19.4 Å². The number of rotatable bonds is 44. The van der Waals surface area contributed by atoms with E-state index in [1.807, 2.05) is 0 Å². The lowest BCUT2D eigenvalue weighted by Crippen LogP contribution is -2.30. The maximum Gasteiger partial charge on any atom is 0.472 e. The normalized spacial score (nSPS) is 14.0. The molecule has 0 aliphatic heterocycles. The summed E-state index contributed by atoms with van der Waals surface area (Å²) in [5, 5.41) is 9.75. The van der Waals surface area contributed by atoms with Gasteiger partial charge in [0.25, 0.3) is 0 Å². The molecule has 0 aliphatic carbocycles. The third-order valence-electron chi connectivity index (χ3n) is 9.99. The Morgan fingerprint density at radius 3 is 1.12 bits per heavy atom. The van der Waals surface area contributed by atoms with Crippen LogP contribution in [-0.4, -0.2) is 70.4 Å². The van der Waals surface area contributed by atoms with Crippen LogP contribution in [0, 0.1) is 0 Å². The van der Waals surface area contributed by atoms with Gasteiger partial charge in [-0.3, -0.25) is 23.2 Å². The number of aliphatic hydroxyl groups excluding tert-OH is 1. The number of hydrogen-bond donors (Lipinski definition) is 4. The van der Waals surface area contributed by atoms with E-state index < -0.39 is 59.6 Å². The molecule has 0 amide bonds. The molecule has 3 atom stereocenters. The lowest BCUT2D eigenvalue weighted by Gasteiger charge is -2.20. The Bertz CT molecular complexity index is 1030. The summed E-state index contributed by atoms with van der Waals surface area (Å²) in [5.41, 5.74) is 0. The first kappa shape index (κ1) is 56.1. The van der Waals surface area contributed by atoms with Crippen LogP contribution in [0.3, 0.4) is 0 Å². The van der Waals surface area contributed by atoms with Crippen molar-refractivity contribution in [3.8, 4) is 0 Å². The van der Waals surface area contributed by atoms with Crippen molar-refractivity contribution in [3.63, 3.8) is 0 Å². The van der Waals surface area contributed by atoms with Crippen LogP contribution in [0.2, 0.25) is 0 Å². The summed E-state index contributed by atoms with van der Waals surface area (Å²) in [6.07, 6.45) is 33.7. The van der Waals surface area contributed by atoms with Crippen LogP contribution in [0.15, 0.2) is 0 Å². The quantitative estimate of drug-likeness (QED) is 0.0257. The predicted molar refractivity (Wildman–Crippen MR) is 226 cm³/mol. The van der Waals surface area contributed by atoms with Gasteiger partial charge >= 0.3 is 27.6 Å². The number of phosphoric ester groups is 2. The molecule has 4 N–H and O–H groups in total. The fraction of sp³-hybridized carbons (Fsp3) is 0.952. The highest BCUT2D eigenvalue weighted by Gasteiger charge is 2.28. The number of esters is 2. The maximum absolute atomic E-state index is 12.7. The maximum atomic E-state index is 12.7. The third-order valence-corrected chi connectivity index (χ3v) is 11.4. The molecule has 0 aliphatic rings. The summed E-state index contributed by atoms with van der Waals surface area (Å²) >= 11 is 0. The van der Waals surface area contributed by atoms with Crippen LogP contribution < -0.4 is 0 Å². The van der Waals surface area contributed by atoms with Gasteiger partial charge in [0.05, 0.1) is 19.8 Å². The van der Waals surface area contributed by atoms with Crippen molar-refractivity contribution in [2.45, 2.75) is 232 Å². The van der Waals surface area contributed by atoms with E-state index in [0.717, 1.165) is 38.5 Å². The van der Waals surface area contributed by atoms with Crippen molar-refractivity contribution in [1.82, 2.24) is 0 Å². The van der Waals surface area contributed by atoms with Crippen molar-refractivity contribution < 1.29 is 61.6 Å². The molecule has 0 fully saturated rings. The zero-order chi connectivity index (χ0) is 42.3. The predicted octanol–water partition coefficient (Wildman–Crippen LogP) is 11.6. The summed E-state index contributed by atoms with van der Waals surface area (Å²) in [6, 6.07) is 0. The van der Waals surface area contributed by atoms with Gasteiger partial charge in [0.15, 0.2) is 6.10 Å². The van der Waals surface area contributed by atoms with Gasteiger partial charge in [-0.1, -0.05) is 194 Å². The second-order valence-corrected chi connectivity index (χ2v) is 18.4. The Morgan fingerprint density at radius 2 is 0.754 bits per heavy atom. The molecule has 0 aromatic heterocycles. The van der Waals surface area contributed by atoms with Crippen LogP contribution in [0.1, 0.15) is 219 Å². The minimum absolute atomic E-state index is 0.140. The largest absolute Gasteiger partial charge is 0.472 e. The van der Waals surface area contributed by atoms with E-state index >= 15 is 0 Å². The number of aliphatic hydroxyl groups is 1. The number of phosphoric acid groups is 2. The molecule has 0 spiro atoms. The number of carbonyl (C=O) groups is 2. The number of unbranched alkanes of at least 4 members (excludes halogenated alkanes) is 28. The van der Waals surface area contributed by atoms with Crippen molar-refractivity contribution in [3.05, 3.63) is 0 Å². The molecule has 0 bridgehead atoms. The summed E-state index contributed by atoms with van der Waals surface area (Å²) < 4.78 is 47.8. The summed E-state index contributed by atoms with van der Waals surface area (Å²) in [5.74, 6) is -1.01. The molecule has 0 heterocycles. The van der Waals surface area contributed by atoms with Crippen molar-refractivity contribution >= 4 is 27.6 Å². The molecule has 340 valence electrons. The fourth-order valence-electron chi connectivity index (χ4n) is 6.53. The van der Waals surface area contributed by atoms with Gasteiger partial charge in [0, 0.05) is 12.8 Å². The van der Waals surface area contributed by atoms with Crippen LogP contribution in [0.5, 0.6) is 0 Å². The van der Waals surface area contributed by atoms with Crippen molar-refractivity contribution in [2.75, 3.05) is 26.4 Å². The monoisotopic (exact) mass is 859 g/mol. The first-order valence-electron chi connectivity index (χ1n) is 22.7. The second kappa shape index (κ2) is 39.3. The molecular weight excluding hydrogens is 774 g/mol. The average Bonchev–Trinajstić information content (AvgIpc) is 3.17. The Balaban J connectivity index is 4.45. The molecule has 1 unspecified atom stereocenters. The van der Waals surface area contributed by atoms with E-state index in [2.05, 4.69) is 18.4 Å². The lowest BCUT2D eigenvalue weighted by atomic mass is 10.0. The van der Waals surface area contributed by atoms with E-state index in [0.29, 0.717) is 12.8 Å². The smallest absolute Gasteiger partial charge is 0.462 e. The van der Waals surface area contributed by atoms with Crippen molar-refractivity contribution in [1.29, 1.82) is 0 Å². The topological polar surface area (TPSA) is 195 Å². The first-order valence-corrected chi connectivity index (χ1v) is 25.8. The molecule has 0 aromatic rings. The van der Waals surface area contributed by atoms with Crippen molar-refractivity contribution in [2.24, 2.45) is 0 Å². The molecule has 0 rings (SSSR count). The summed E-state index contributed by atoms with van der Waals surface area (Å²) in [6.45, 7) is 1.81. The molecule has 13 nitrogen and oxygen atoms in total. The van der Waals surface area contributed by atoms with Gasteiger partial charge in [-0.15, -0.1) is 0 Å². The van der Waals surface area contributed by atoms with Gasteiger partial charge in [-0.2, -0.15) is 0 Å². The highest BCUT2D eigenvalue weighted by atomic mass is 31.2. The highest BCUT2D eigenvalue weighted by molar-refractivity contribution is 7.47. The molecular formula is C42H84O13P2.